The second-order valence-electron chi connectivity index (χ2n) is 5.32. The largest absolute Gasteiger partial charge is 0.350 e. The molecule has 2 aromatic heterocycles. The number of aryl methyl sites for hydroxylation is 3. The molecule has 0 saturated carbocycles. The first-order valence-corrected chi connectivity index (χ1v) is 6.90. The van der Waals surface area contributed by atoms with Crippen molar-refractivity contribution in [1.29, 1.82) is 0 Å². The molecular formula is C16H18N4O. The van der Waals surface area contributed by atoms with Crippen molar-refractivity contribution in [2.24, 2.45) is 7.05 Å². The molecule has 21 heavy (non-hydrogen) atoms. The lowest BCUT2D eigenvalue weighted by Gasteiger charge is -2.04. The van der Waals surface area contributed by atoms with Crippen molar-refractivity contribution in [3.8, 4) is 0 Å². The van der Waals surface area contributed by atoms with E-state index in [9.17, 15) is 4.79 Å². The quantitative estimate of drug-likeness (QED) is 0.776. The predicted octanol–water partition coefficient (Wildman–Crippen LogP) is 2.70. The van der Waals surface area contributed by atoms with Crippen LogP contribution in [0.3, 0.4) is 0 Å². The van der Waals surface area contributed by atoms with E-state index in [-0.39, 0.29) is 5.91 Å². The molecule has 1 aromatic carbocycles. The van der Waals surface area contributed by atoms with Gasteiger partial charge >= 0.3 is 0 Å². The van der Waals surface area contributed by atoms with Gasteiger partial charge in [-0.1, -0.05) is 18.2 Å². The summed E-state index contributed by atoms with van der Waals surface area (Å²) in [6.45, 7) is 3.77. The van der Waals surface area contributed by atoms with E-state index < -0.39 is 0 Å². The zero-order valence-corrected chi connectivity index (χ0v) is 12.4. The number of H-pyrrole nitrogens is 1. The van der Waals surface area contributed by atoms with Gasteiger partial charge in [-0.3, -0.25) is 9.89 Å². The number of para-hydroxylation sites is 1. The number of nitrogens with one attached hydrogen (secondary N) is 2. The van der Waals surface area contributed by atoms with Crippen LogP contribution in [0.1, 0.15) is 17.0 Å². The number of amides is 1. The maximum atomic E-state index is 12.3. The molecule has 0 fully saturated rings. The van der Waals surface area contributed by atoms with Crippen molar-refractivity contribution in [3.05, 3.63) is 47.4 Å². The normalized spacial score (nSPS) is 11.0. The SMILES string of the molecule is Cc1n[nH]c(C)c1NC(=O)Cc1cn(C)c2ccccc12. The Bertz CT molecular complexity index is 793. The van der Waals surface area contributed by atoms with Gasteiger partial charge in [-0.05, 0) is 25.5 Å². The second kappa shape index (κ2) is 5.09. The molecular weight excluding hydrogens is 264 g/mol. The molecule has 5 heteroatoms. The van der Waals surface area contributed by atoms with Crippen LogP contribution in [-0.2, 0) is 18.3 Å². The van der Waals surface area contributed by atoms with Gasteiger partial charge in [0.25, 0.3) is 0 Å². The van der Waals surface area contributed by atoms with Gasteiger partial charge < -0.3 is 9.88 Å². The van der Waals surface area contributed by atoms with Gasteiger partial charge in [0.2, 0.25) is 5.91 Å². The van der Waals surface area contributed by atoms with Gasteiger partial charge in [0.15, 0.2) is 0 Å². The highest BCUT2D eigenvalue weighted by Gasteiger charge is 2.13. The minimum Gasteiger partial charge on any atom is -0.350 e. The molecule has 0 spiro atoms. The maximum Gasteiger partial charge on any atom is 0.228 e. The van der Waals surface area contributed by atoms with Crippen molar-refractivity contribution < 1.29 is 4.79 Å². The number of aromatic amines is 1. The van der Waals surface area contributed by atoms with Crippen LogP contribution in [0, 0.1) is 13.8 Å². The first-order valence-electron chi connectivity index (χ1n) is 6.90. The van der Waals surface area contributed by atoms with Gasteiger partial charge in [0.05, 0.1) is 23.5 Å². The molecule has 2 heterocycles. The molecule has 1 amide bonds. The Morgan fingerprint density at radius 2 is 2.10 bits per heavy atom. The summed E-state index contributed by atoms with van der Waals surface area (Å²) in [6, 6.07) is 8.10. The first kappa shape index (κ1) is 13.4. The third-order valence-corrected chi connectivity index (χ3v) is 3.72. The van der Waals surface area contributed by atoms with E-state index in [0.29, 0.717) is 6.42 Å². The fraction of sp³-hybridized carbons (Fsp3) is 0.250. The van der Waals surface area contributed by atoms with Crippen LogP contribution < -0.4 is 5.32 Å². The summed E-state index contributed by atoms with van der Waals surface area (Å²) < 4.78 is 2.05. The monoisotopic (exact) mass is 282 g/mol. The van der Waals surface area contributed by atoms with Gasteiger partial charge in [-0.25, -0.2) is 0 Å². The number of aromatic nitrogens is 3. The number of carbonyl (C=O) groups is 1. The number of nitrogens with zero attached hydrogens (tertiary/aromatic N) is 2. The first-order chi connectivity index (χ1) is 10.1. The van der Waals surface area contributed by atoms with Gasteiger partial charge in [0, 0.05) is 24.1 Å². The van der Waals surface area contributed by atoms with E-state index in [1.807, 2.05) is 49.9 Å². The Labute approximate surface area is 123 Å². The lowest BCUT2D eigenvalue weighted by molar-refractivity contribution is -0.115. The molecule has 5 nitrogen and oxygen atoms in total. The Kier molecular flexibility index (Phi) is 3.25. The molecule has 0 aliphatic rings. The molecule has 0 saturated heterocycles. The van der Waals surface area contributed by atoms with Gasteiger partial charge in [-0.15, -0.1) is 0 Å². The van der Waals surface area contributed by atoms with Crippen LogP contribution in [-0.4, -0.2) is 20.7 Å². The molecule has 108 valence electrons. The van der Waals surface area contributed by atoms with Crippen molar-refractivity contribution in [3.63, 3.8) is 0 Å². The topological polar surface area (TPSA) is 62.7 Å². The van der Waals surface area contributed by atoms with Crippen LogP contribution >= 0.6 is 0 Å². The molecule has 3 rings (SSSR count). The van der Waals surface area contributed by atoms with E-state index >= 15 is 0 Å². The lowest BCUT2D eigenvalue weighted by Crippen LogP contribution is -2.15. The third-order valence-electron chi connectivity index (χ3n) is 3.72. The summed E-state index contributed by atoms with van der Waals surface area (Å²) in [5.41, 5.74) is 4.62. The highest BCUT2D eigenvalue weighted by molar-refractivity contribution is 5.96. The number of carbonyl (C=O) groups excluding carboxylic acids is 1. The van der Waals surface area contributed by atoms with Crippen molar-refractivity contribution in [2.75, 3.05) is 5.32 Å². The Hall–Kier alpha value is -2.56. The molecule has 0 atom stereocenters. The van der Waals surface area contributed by atoms with E-state index in [2.05, 4.69) is 21.6 Å². The fourth-order valence-corrected chi connectivity index (χ4v) is 2.66. The van der Waals surface area contributed by atoms with E-state index in [1.165, 1.54) is 0 Å². The molecule has 0 bridgehead atoms. The maximum absolute atomic E-state index is 12.3. The van der Waals surface area contributed by atoms with Gasteiger partial charge in [-0.2, -0.15) is 5.10 Å². The van der Waals surface area contributed by atoms with E-state index in [0.717, 1.165) is 33.5 Å². The summed E-state index contributed by atoms with van der Waals surface area (Å²) in [7, 11) is 1.99. The van der Waals surface area contributed by atoms with Crippen LogP contribution in [0.5, 0.6) is 0 Å². The second-order valence-corrected chi connectivity index (χ2v) is 5.32. The summed E-state index contributed by atoms with van der Waals surface area (Å²) in [5.74, 6) is -0.0287. The number of anilines is 1. The number of rotatable bonds is 3. The number of fused-ring (bicyclic) bond motifs is 1. The molecule has 0 aliphatic carbocycles. The highest BCUT2D eigenvalue weighted by atomic mass is 16.1. The average Bonchev–Trinajstić information content (AvgIpc) is 2.94. The summed E-state index contributed by atoms with van der Waals surface area (Å²) >= 11 is 0. The van der Waals surface area contributed by atoms with E-state index in [4.69, 9.17) is 0 Å². The van der Waals surface area contributed by atoms with E-state index in [1.54, 1.807) is 0 Å². The molecule has 0 aliphatic heterocycles. The Morgan fingerprint density at radius 1 is 1.33 bits per heavy atom. The third kappa shape index (κ3) is 2.42. The minimum absolute atomic E-state index is 0.0287. The van der Waals surface area contributed by atoms with Crippen LogP contribution in [0.15, 0.2) is 30.5 Å². The summed E-state index contributed by atoms with van der Waals surface area (Å²) in [6.07, 6.45) is 2.37. The Morgan fingerprint density at radius 3 is 2.81 bits per heavy atom. The smallest absolute Gasteiger partial charge is 0.228 e. The summed E-state index contributed by atoms with van der Waals surface area (Å²) in [4.78, 5) is 12.3. The molecule has 2 N–H and O–H groups in total. The molecule has 3 aromatic rings. The standard InChI is InChI=1S/C16H18N4O/c1-10-16(11(2)19-18-10)17-15(21)8-12-9-20(3)14-7-5-4-6-13(12)14/h4-7,9H,8H2,1-3H3,(H,17,21)(H,18,19). The lowest BCUT2D eigenvalue weighted by atomic mass is 10.1. The van der Waals surface area contributed by atoms with Crippen LogP contribution in [0.4, 0.5) is 5.69 Å². The average molecular weight is 282 g/mol. The number of hydrogen-bond acceptors (Lipinski definition) is 2. The predicted molar refractivity (Wildman–Crippen MR) is 83.3 cm³/mol. The van der Waals surface area contributed by atoms with Crippen molar-refractivity contribution in [1.82, 2.24) is 14.8 Å². The zero-order chi connectivity index (χ0) is 15.0. The van der Waals surface area contributed by atoms with Gasteiger partial charge in [0.1, 0.15) is 0 Å². The number of hydrogen-bond donors (Lipinski definition) is 2. The van der Waals surface area contributed by atoms with Crippen LogP contribution in [0.25, 0.3) is 10.9 Å². The van der Waals surface area contributed by atoms with Crippen molar-refractivity contribution in [2.45, 2.75) is 20.3 Å². The van der Waals surface area contributed by atoms with Crippen LogP contribution in [0.2, 0.25) is 0 Å². The van der Waals surface area contributed by atoms with Crippen molar-refractivity contribution >= 4 is 22.5 Å². The minimum atomic E-state index is -0.0287. The molecule has 0 unspecified atom stereocenters. The zero-order valence-electron chi connectivity index (χ0n) is 12.4. The highest BCUT2D eigenvalue weighted by Crippen LogP contribution is 2.22. The Balaban J connectivity index is 1.84. The fourth-order valence-electron chi connectivity index (χ4n) is 2.66. The summed E-state index contributed by atoms with van der Waals surface area (Å²) in [5, 5.41) is 11.0. The molecule has 0 radical (unpaired) electrons. The number of benzene rings is 1.